The van der Waals surface area contributed by atoms with E-state index in [-0.39, 0.29) is 28.7 Å². The van der Waals surface area contributed by atoms with Gasteiger partial charge in [0.25, 0.3) is 0 Å². The zero-order chi connectivity index (χ0) is 21.0. The van der Waals surface area contributed by atoms with Crippen LogP contribution in [0.3, 0.4) is 0 Å². The lowest BCUT2D eigenvalue weighted by Gasteiger charge is -2.65. The van der Waals surface area contributed by atoms with E-state index in [1.54, 1.807) is 0 Å². The van der Waals surface area contributed by atoms with Crippen LogP contribution in [0.1, 0.15) is 42.9 Å². The Bertz CT molecular complexity index is 1280. The van der Waals surface area contributed by atoms with Gasteiger partial charge < -0.3 is 14.1 Å². The Hall–Kier alpha value is -2.79. The van der Waals surface area contributed by atoms with Crippen LogP contribution in [0.25, 0.3) is 11.0 Å². The van der Waals surface area contributed by atoms with Crippen molar-refractivity contribution in [3.63, 3.8) is 0 Å². The van der Waals surface area contributed by atoms with Gasteiger partial charge in [0.15, 0.2) is 6.23 Å². The number of anilines is 1. The maximum atomic E-state index is 13.4. The maximum absolute atomic E-state index is 13.4. The Labute approximate surface area is 175 Å². The Morgan fingerprint density at radius 1 is 1.13 bits per heavy atom. The van der Waals surface area contributed by atoms with Crippen LogP contribution in [0.2, 0.25) is 0 Å². The number of ether oxygens (including phenoxy) is 1. The van der Waals surface area contributed by atoms with Gasteiger partial charge in [-0.1, -0.05) is 31.2 Å². The third-order valence-electron chi connectivity index (χ3n) is 7.89. The molecule has 5 heteroatoms. The van der Waals surface area contributed by atoms with E-state index in [0.29, 0.717) is 16.9 Å². The van der Waals surface area contributed by atoms with Crippen molar-refractivity contribution in [2.45, 2.75) is 43.4 Å². The largest absolute Gasteiger partial charge is 0.473 e. The molecule has 0 radical (unpaired) electrons. The Kier molecular flexibility index (Phi) is 3.28. The van der Waals surface area contributed by atoms with Crippen molar-refractivity contribution in [1.29, 1.82) is 0 Å². The maximum Gasteiger partial charge on any atom is 0.343 e. The molecule has 4 unspecified atom stereocenters. The van der Waals surface area contributed by atoms with Gasteiger partial charge >= 0.3 is 5.63 Å². The molecule has 2 aromatic carbocycles. The van der Waals surface area contributed by atoms with Crippen molar-refractivity contribution < 1.29 is 9.15 Å². The summed E-state index contributed by atoms with van der Waals surface area (Å²) in [5, 5.41) is 0.871. The number of benzene rings is 2. The summed E-state index contributed by atoms with van der Waals surface area (Å²) >= 11 is 0. The second kappa shape index (κ2) is 5.46. The van der Waals surface area contributed by atoms with E-state index in [0.717, 1.165) is 17.5 Å². The number of piperidine rings is 1. The van der Waals surface area contributed by atoms with Crippen molar-refractivity contribution in [3.8, 4) is 5.75 Å². The van der Waals surface area contributed by atoms with Crippen molar-refractivity contribution in [2.75, 3.05) is 26.0 Å². The van der Waals surface area contributed by atoms with Gasteiger partial charge in [-0.15, -0.1) is 0 Å². The zero-order valence-corrected chi connectivity index (χ0v) is 18.0. The smallest absolute Gasteiger partial charge is 0.343 e. The molecule has 3 aromatic rings. The van der Waals surface area contributed by atoms with Gasteiger partial charge in [0.05, 0.1) is 10.9 Å². The van der Waals surface area contributed by atoms with Crippen molar-refractivity contribution in [1.82, 2.24) is 4.90 Å². The van der Waals surface area contributed by atoms with Gasteiger partial charge in [0.2, 0.25) is 0 Å². The third kappa shape index (κ3) is 1.94. The molecule has 30 heavy (non-hydrogen) atoms. The molecule has 4 bridgehead atoms. The molecule has 0 saturated carbocycles. The minimum atomic E-state index is -0.344. The molecule has 0 spiro atoms. The van der Waals surface area contributed by atoms with E-state index in [2.05, 4.69) is 50.1 Å². The summed E-state index contributed by atoms with van der Waals surface area (Å²) in [6.45, 7) is 4.50. The Morgan fingerprint density at radius 3 is 2.67 bits per heavy atom. The first-order chi connectivity index (χ1) is 14.3. The highest BCUT2D eigenvalue weighted by atomic mass is 16.5. The molecule has 0 amide bonds. The van der Waals surface area contributed by atoms with Crippen LogP contribution >= 0.6 is 0 Å². The van der Waals surface area contributed by atoms with E-state index >= 15 is 0 Å². The normalized spacial score (nSPS) is 31.2. The predicted octanol–water partition coefficient (Wildman–Crippen LogP) is 4.18. The molecule has 154 valence electrons. The SMILES string of the molecule is CN(C)c1ccc2c3c(c(=O)oc2c1)C1(C)CC2(C)c4ccccc4C1C(O3)N2C. The van der Waals surface area contributed by atoms with Crippen LogP contribution in [-0.2, 0) is 11.0 Å². The fourth-order valence-corrected chi connectivity index (χ4v) is 6.38. The van der Waals surface area contributed by atoms with Crippen LogP contribution < -0.4 is 15.3 Å². The second-order valence-electron chi connectivity index (χ2n) is 9.72. The number of nitrogens with zero attached hydrogens (tertiary/aromatic N) is 2. The molecule has 4 atom stereocenters. The van der Waals surface area contributed by atoms with Gasteiger partial charge in [-0.25, -0.2) is 4.79 Å². The molecule has 4 aliphatic rings. The molecule has 4 heterocycles. The minimum Gasteiger partial charge on any atom is -0.473 e. The van der Waals surface area contributed by atoms with Crippen LogP contribution in [0.4, 0.5) is 5.69 Å². The number of hydrogen-bond acceptors (Lipinski definition) is 5. The molecule has 0 N–H and O–H groups in total. The van der Waals surface area contributed by atoms with Gasteiger partial charge in [0.1, 0.15) is 11.3 Å². The summed E-state index contributed by atoms with van der Waals surface area (Å²) in [6.07, 6.45) is 0.742. The highest BCUT2D eigenvalue weighted by Crippen LogP contribution is 2.65. The van der Waals surface area contributed by atoms with E-state index in [1.165, 1.54) is 11.1 Å². The average molecular weight is 402 g/mol. The van der Waals surface area contributed by atoms with E-state index in [4.69, 9.17) is 9.15 Å². The summed E-state index contributed by atoms with van der Waals surface area (Å²) in [5.74, 6) is 0.790. The molecular formula is C25H26N2O3. The quantitative estimate of drug-likeness (QED) is 0.572. The van der Waals surface area contributed by atoms with Gasteiger partial charge in [-0.2, -0.15) is 0 Å². The van der Waals surface area contributed by atoms with Gasteiger partial charge in [-0.3, -0.25) is 4.90 Å². The number of rotatable bonds is 1. The van der Waals surface area contributed by atoms with E-state index in [1.807, 2.05) is 37.2 Å². The highest BCUT2D eigenvalue weighted by Gasteiger charge is 2.65. The first-order valence-electron chi connectivity index (χ1n) is 10.5. The number of fused-ring (bicyclic) bond motifs is 3. The lowest BCUT2D eigenvalue weighted by atomic mass is 9.51. The summed E-state index contributed by atoms with van der Waals surface area (Å²) in [6, 6.07) is 14.6. The summed E-state index contributed by atoms with van der Waals surface area (Å²) in [4.78, 5) is 17.7. The molecule has 3 aliphatic heterocycles. The molecule has 1 aliphatic carbocycles. The van der Waals surface area contributed by atoms with Crippen LogP contribution in [0.15, 0.2) is 51.7 Å². The lowest BCUT2D eigenvalue weighted by Crippen LogP contribution is -2.69. The molecule has 5 nitrogen and oxygen atoms in total. The first-order valence-corrected chi connectivity index (χ1v) is 10.5. The fourth-order valence-electron chi connectivity index (χ4n) is 6.38. The fraction of sp³-hybridized carbons (Fsp3) is 0.400. The molecule has 1 saturated heterocycles. The second-order valence-corrected chi connectivity index (χ2v) is 9.72. The van der Waals surface area contributed by atoms with Gasteiger partial charge in [0, 0.05) is 42.7 Å². The van der Waals surface area contributed by atoms with Crippen LogP contribution in [-0.4, -0.2) is 32.3 Å². The van der Waals surface area contributed by atoms with Crippen LogP contribution in [0.5, 0.6) is 5.75 Å². The minimum absolute atomic E-state index is 0.0921. The Balaban J connectivity index is 1.66. The standard InChI is InChI=1S/C25H26N2O3/c1-24-13-25(2)17-9-7-6-8-15(17)19(24)22(27(25)5)30-21-16-11-10-14(26(3)4)12-18(16)29-23(28)20(21)24/h6-12,19,22H,13H2,1-5H3. The topological polar surface area (TPSA) is 45.9 Å². The van der Waals surface area contributed by atoms with Gasteiger partial charge in [-0.05, 0) is 43.7 Å². The molecule has 1 aromatic heterocycles. The molecular weight excluding hydrogens is 376 g/mol. The van der Waals surface area contributed by atoms with Crippen molar-refractivity contribution in [2.24, 2.45) is 0 Å². The van der Waals surface area contributed by atoms with E-state index in [9.17, 15) is 4.79 Å². The number of likely N-dealkylation sites (N-methyl/N-ethyl adjacent to an activating group) is 1. The van der Waals surface area contributed by atoms with E-state index < -0.39 is 0 Å². The Morgan fingerprint density at radius 2 is 1.90 bits per heavy atom. The van der Waals surface area contributed by atoms with Crippen molar-refractivity contribution >= 4 is 16.7 Å². The summed E-state index contributed by atoms with van der Waals surface area (Å²) in [5.41, 5.74) is 4.09. The van der Waals surface area contributed by atoms with Crippen molar-refractivity contribution in [3.05, 3.63) is 69.6 Å². The predicted molar refractivity (Wildman–Crippen MR) is 117 cm³/mol. The molecule has 7 rings (SSSR count). The zero-order valence-electron chi connectivity index (χ0n) is 18.0. The molecule has 1 fully saturated rings. The van der Waals surface area contributed by atoms with Crippen LogP contribution in [0, 0.1) is 0 Å². The third-order valence-corrected chi connectivity index (χ3v) is 7.89. The summed E-state index contributed by atoms with van der Waals surface area (Å²) < 4.78 is 12.6. The monoisotopic (exact) mass is 402 g/mol. The summed E-state index contributed by atoms with van der Waals surface area (Å²) in [7, 11) is 6.10. The first kappa shape index (κ1) is 18.0. The number of hydrogen-bond donors (Lipinski definition) is 0. The lowest BCUT2D eigenvalue weighted by molar-refractivity contribution is -0.140. The average Bonchev–Trinajstić information content (AvgIpc) is 2.70. The highest BCUT2D eigenvalue weighted by molar-refractivity contribution is 5.88.